The van der Waals surface area contributed by atoms with Crippen molar-refractivity contribution >= 4 is 38.9 Å². The number of para-hydroxylation sites is 1. The first-order chi connectivity index (χ1) is 10.5. The minimum atomic E-state index is -3.83. The van der Waals surface area contributed by atoms with Crippen molar-refractivity contribution in [2.75, 3.05) is 10.8 Å². The van der Waals surface area contributed by atoms with Gasteiger partial charge in [0.25, 0.3) is 10.0 Å². The average Bonchev–Trinajstić information content (AvgIpc) is 2.51. The summed E-state index contributed by atoms with van der Waals surface area (Å²) in [5, 5.41) is 9.21. The lowest BCUT2D eigenvalue weighted by atomic mass is 10.3. The molecule has 7 heteroatoms. The van der Waals surface area contributed by atoms with Gasteiger partial charge in [-0.25, -0.2) is 8.42 Å². The van der Waals surface area contributed by atoms with E-state index >= 15 is 0 Å². The van der Waals surface area contributed by atoms with E-state index in [0.29, 0.717) is 5.69 Å². The van der Waals surface area contributed by atoms with Crippen LogP contribution in [0, 0.1) is 11.3 Å². The summed E-state index contributed by atoms with van der Waals surface area (Å²) >= 11 is 11.7. The van der Waals surface area contributed by atoms with Crippen LogP contribution in [-0.4, -0.2) is 15.0 Å². The topological polar surface area (TPSA) is 61.2 Å². The van der Waals surface area contributed by atoms with Crippen LogP contribution in [0.5, 0.6) is 0 Å². The van der Waals surface area contributed by atoms with Crippen molar-refractivity contribution < 1.29 is 8.42 Å². The standard InChI is InChI=1S/C15H12Cl2N2O2S/c16-14-8-7-13(11-15(14)17)22(20,21)19(10-4-9-18)12-5-2-1-3-6-12/h1-3,5-8,11H,4,10H2. The zero-order chi connectivity index (χ0) is 16.2. The van der Waals surface area contributed by atoms with Gasteiger partial charge in [0.15, 0.2) is 0 Å². The van der Waals surface area contributed by atoms with Gasteiger partial charge >= 0.3 is 0 Å². The first-order valence-electron chi connectivity index (χ1n) is 6.36. The van der Waals surface area contributed by atoms with Gasteiger partial charge in [-0.3, -0.25) is 4.31 Å². The van der Waals surface area contributed by atoms with E-state index in [1.54, 1.807) is 30.3 Å². The number of hydrogen-bond acceptors (Lipinski definition) is 3. The predicted octanol–water partition coefficient (Wildman–Crippen LogP) is 4.10. The minimum absolute atomic E-state index is 0.0312. The van der Waals surface area contributed by atoms with Gasteiger partial charge in [-0.1, -0.05) is 41.4 Å². The molecule has 0 saturated heterocycles. The molecule has 2 rings (SSSR count). The Morgan fingerprint density at radius 3 is 2.32 bits per heavy atom. The molecule has 0 aliphatic carbocycles. The summed E-state index contributed by atoms with van der Waals surface area (Å²) < 4.78 is 26.8. The number of halogens is 2. The molecule has 2 aromatic rings. The Morgan fingerprint density at radius 1 is 1.05 bits per heavy atom. The van der Waals surface area contributed by atoms with Crippen molar-refractivity contribution in [1.82, 2.24) is 0 Å². The number of rotatable bonds is 5. The molecular weight excluding hydrogens is 343 g/mol. The number of benzene rings is 2. The molecule has 0 aromatic heterocycles. The molecule has 0 bridgehead atoms. The molecule has 0 atom stereocenters. The third kappa shape index (κ3) is 3.53. The molecule has 0 spiro atoms. The zero-order valence-electron chi connectivity index (χ0n) is 11.4. The summed E-state index contributed by atoms with van der Waals surface area (Å²) in [6.45, 7) is 0.0586. The summed E-state index contributed by atoms with van der Waals surface area (Å²) in [4.78, 5) is 0.0312. The van der Waals surface area contributed by atoms with Crippen molar-refractivity contribution in [1.29, 1.82) is 5.26 Å². The molecule has 114 valence electrons. The molecule has 0 unspecified atom stereocenters. The van der Waals surface area contributed by atoms with E-state index < -0.39 is 10.0 Å². The molecular formula is C15H12Cl2N2O2S. The summed E-state index contributed by atoms with van der Waals surface area (Å²) in [5.74, 6) is 0. The second-order valence-corrected chi connectivity index (χ2v) is 7.07. The Bertz CT molecular complexity index is 802. The van der Waals surface area contributed by atoms with Gasteiger partial charge in [0.2, 0.25) is 0 Å². The van der Waals surface area contributed by atoms with Crippen molar-refractivity contribution in [2.24, 2.45) is 0 Å². The fourth-order valence-electron chi connectivity index (χ4n) is 1.90. The van der Waals surface area contributed by atoms with E-state index in [-0.39, 0.29) is 27.9 Å². The number of anilines is 1. The smallest absolute Gasteiger partial charge is 0.264 e. The lowest BCUT2D eigenvalue weighted by Gasteiger charge is -2.23. The molecule has 0 aliphatic heterocycles. The van der Waals surface area contributed by atoms with Crippen LogP contribution < -0.4 is 4.31 Å². The van der Waals surface area contributed by atoms with Crippen LogP contribution in [0.1, 0.15) is 6.42 Å². The Kier molecular flexibility index (Phi) is 5.30. The van der Waals surface area contributed by atoms with Crippen LogP contribution in [0.15, 0.2) is 53.4 Å². The summed E-state index contributed by atoms with van der Waals surface area (Å²) in [5.41, 5.74) is 0.490. The van der Waals surface area contributed by atoms with Crippen LogP contribution in [-0.2, 0) is 10.0 Å². The third-order valence-corrected chi connectivity index (χ3v) is 5.51. The highest BCUT2D eigenvalue weighted by Gasteiger charge is 2.25. The lowest BCUT2D eigenvalue weighted by molar-refractivity contribution is 0.591. The average molecular weight is 355 g/mol. The van der Waals surface area contributed by atoms with E-state index in [1.807, 2.05) is 6.07 Å². The molecule has 2 aromatic carbocycles. The Hall–Kier alpha value is -1.74. The lowest BCUT2D eigenvalue weighted by Crippen LogP contribution is -2.31. The Labute approximate surface area is 139 Å². The van der Waals surface area contributed by atoms with Gasteiger partial charge in [-0.05, 0) is 30.3 Å². The van der Waals surface area contributed by atoms with Gasteiger partial charge in [-0.15, -0.1) is 0 Å². The molecule has 4 nitrogen and oxygen atoms in total. The van der Waals surface area contributed by atoms with Crippen LogP contribution >= 0.6 is 23.2 Å². The number of sulfonamides is 1. The summed E-state index contributed by atoms with van der Waals surface area (Å²) in [7, 11) is -3.83. The maximum atomic E-state index is 12.8. The molecule has 0 fully saturated rings. The van der Waals surface area contributed by atoms with Crippen molar-refractivity contribution in [2.45, 2.75) is 11.3 Å². The second kappa shape index (κ2) is 7.01. The van der Waals surface area contributed by atoms with Crippen molar-refractivity contribution in [3.63, 3.8) is 0 Å². The van der Waals surface area contributed by atoms with E-state index in [4.69, 9.17) is 28.5 Å². The van der Waals surface area contributed by atoms with Crippen LogP contribution in [0.2, 0.25) is 10.0 Å². The van der Waals surface area contributed by atoms with Crippen molar-refractivity contribution in [3.8, 4) is 6.07 Å². The number of hydrogen-bond donors (Lipinski definition) is 0. The molecule has 0 saturated carbocycles. The Morgan fingerprint density at radius 2 is 1.73 bits per heavy atom. The van der Waals surface area contributed by atoms with Crippen LogP contribution in [0.25, 0.3) is 0 Å². The quantitative estimate of drug-likeness (QED) is 0.811. The predicted molar refractivity (Wildman–Crippen MR) is 87.7 cm³/mol. The van der Waals surface area contributed by atoms with E-state index in [2.05, 4.69) is 0 Å². The highest BCUT2D eigenvalue weighted by Crippen LogP contribution is 2.29. The number of nitriles is 1. The third-order valence-electron chi connectivity index (χ3n) is 2.95. The normalized spacial score (nSPS) is 11.0. The van der Waals surface area contributed by atoms with Gasteiger partial charge in [0.05, 0.1) is 33.1 Å². The van der Waals surface area contributed by atoms with Gasteiger partial charge in [0, 0.05) is 6.54 Å². The van der Waals surface area contributed by atoms with Gasteiger partial charge in [-0.2, -0.15) is 5.26 Å². The van der Waals surface area contributed by atoms with Gasteiger partial charge < -0.3 is 0 Å². The van der Waals surface area contributed by atoms with Crippen molar-refractivity contribution in [3.05, 3.63) is 58.6 Å². The summed E-state index contributed by atoms with van der Waals surface area (Å²) in [6.07, 6.45) is 0.0788. The molecule has 0 radical (unpaired) electrons. The SMILES string of the molecule is N#CCCN(c1ccccc1)S(=O)(=O)c1ccc(Cl)c(Cl)c1. The molecule has 0 amide bonds. The fraction of sp³-hybridized carbons (Fsp3) is 0.133. The van der Waals surface area contributed by atoms with Gasteiger partial charge in [0.1, 0.15) is 0 Å². The molecule has 0 heterocycles. The highest BCUT2D eigenvalue weighted by molar-refractivity contribution is 7.92. The van der Waals surface area contributed by atoms with Crippen LogP contribution in [0.3, 0.4) is 0 Å². The maximum Gasteiger partial charge on any atom is 0.264 e. The fourth-order valence-corrected chi connectivity index (χ4v) is 3.75. The first kappa shape index (κ1) is 16.6. The van der Waals surface area contributed by atoms with E-state index in [0.717, 1.165) is 0 Å². The molecule has 22 heavy (non-hydrogen) atoms. The second-order valence-electron chi connectivity index (χ2n) is 4.40. The van der Waals surface area contributed by atoms with E-state index in [9.17, 15) is 8.42 Å². The first-order valence-corrected chi connectivity index (χ1v) is 8.56. The highest BCUT2D eigenvalue weighted by atomic mass is 35.5. The number of nitrogens with zero attached hydrogens (tertiary/aromatic N) is 2. The maximum absolute atomic E-state index is 12.8. The molecule has 0 aliphatic rings. The minimum Gasteiger partial charge on any atom is -0.265 e. The van der Waals surface area contributed by atoms with Crippen LogP contribution in [0.4, 0.5) is 5.69 Å². The largest absolute Gasteiger partial charge is 0.265 e. The zero-order valence-corrected chi connectivity index (χ0v) is 13.7. The molecule has 0 N–H and O–H groups in total. The monoisotopic (exact) mass is 354 g/mol. The van der Waals surface area contributed by atoms with E-state index in [1.165, 1.54) is 22.5 Å². The Balaban J connectivity index is 2.49. The summed E-state index contributed by atoms with van der Waals surface area (Å²) in [6, 6.07) is 14.7.